The van der Waals surface area contributed by atoms with Gasteiger partial charge < -0.3 is 14.2 Å². The monoisotopic (exact) mass is 300 g/mol. The van der Waals surface area contributed by atoms with Crippen LogP contribution >= 0.6 is 0 Å². The van der Waals surface area contributed by atoms with Crippen LogP contribution in [0.25, 0.3) is 0 Å². The minimum atomic E-state index is -0.692. The third-order valence-electron chi connectivity index (χ3n) is 3.47. The molecule has 0 amide bonds. The minimum Gasteiger partial charge on any atom is -0.497 e. The number of carbonyl (C=O) groups excluding carboxylic acids is 1. The van der Waals surface area contributed by atoms with E-state index in [9.17, 15) is 4.79 Å². The van der Waals surface area contributed by atoms with Crippen LogP contribution in [0, 0.1) is 13.8 Å². The Kier molecular flexibility index (Phi) is 5.04. The van der Waals surface area contributed by atoms with E-state index in [1.54, 1.807) is 38.3 Å². The fourth-order valence-corrected chi connectivity index (χ4v) is 1.93. The molecule has 0 radical (unpaired) electrons. The Bertz CT molecular complexity index is 647. The second-order valence-electron chi connectivity index (χ2n) is 5.05. The van der Waals surface area contributed by atoms with Gasteiger partial charge in [0.25, 0.3) is 0 Å². The van der Waals surface area contributed by atoms with E-state index in [4.69, 9.17) is 14.2 Å². The number of hydrogen-bond acceptors (Lipinski definition) is 4. The summed E-state index contributed by atoms with van der Waals surface area (Å²) < 4.78 is 16.1. The van der Waals surface area contributed by atoms with Gasteiger partial charge >= 0.3 is 5.97 Å². The maximum absolute atomic E-state index is 12.1. The highest BCUT2D eigenvalue weighted by atomic mass is 16.6. The minimum absolute atomic E-state index is 0.439. The molecule has 0 heterocycles. The van der Waals surface area contributed by atoms with Crippen molar-refractivity contribution in [1.82, 2.24) is 0 Å². The third-order valence-corrected chi connectivity index (χ3v) is 3.47. The summed E-state index contributed by atoms with van der Waals surface area (Å²) in [5.74, 6) is 1.42. The molecule has 0 aliphatic rings. The van der Waals surface area contributed by atoms with E-state index in [2.05, 4.69) is 0 Å². The molecule has 0 aliphatic heterocycles. The van der Waals surface area contributed by atoms with Gasteiger partial charge in [-0.3, -0.25) is 0 Å². The molecular formula is C18H20O4. The Labute approximate surface area is 130 Å². The molecule has 4 nitrogen and oxygen atoms in total. The van der Waals surface area contributed by atoms with Gasteiger partial charge in [0.15, 0.2) is 6.10 Å². The Morgan fingerprint density at radius 1 is 1.00 bits per heavy atom. The van der Waals surface area contributed by atoms with Crippen molar-refractivity contribution >= 4 is 5.97 Å². The van der Waals surface area contributed by atoms with Crippen LogP contribution in [0.15, 0.2) is 42.5 Å². The van der Waals surface area contributed by atoms with Crippen molar-refractivity contribution in [2.24, 2.45) is 0 Å². The molecule has 22 heavy (non-hydrogen) atoms. The highest BCUT2D eigenvalue weighted by Gasteiger charge is 2.18. The summed E-state index contributed by atoms with van der Waals surface area (Å²) in [6.07, 6.45) is -0.692. The number of carbonyl (C=O) groups is 1. The van der Waals surface area contributed by atoms with Crippen LogP contribution in [-0.2, 0) is 4.79 Å². The Balaban J connectivity index is 2.01. The summed E-state index contributed by atoms with van der Waals surface area (Å²) >= 11 is 0. The van der Waals surface area contributed by atoms with Crippen LogP contribution in [0.4, 0.5) is 0 Å². The van der Waals surface area contributed by atoms with Crippen molar-refractivity contribution in [3.63, 3.8) is 0 Å². The van der Waals surface area contributed by atoms with Gasteiger partial charge in [0.05, 0.1) is 7.11 Å². The van der Waals surface area contributed by atoms with Gasteiger partial charge in [-0.25, -0.2) is 4.79 Å². The van der Waals surface area contributed by atoms with Crippen LogP contribution in [0.2, 0.25) is 0 Å². The predicted octanol–water partition coefficient (Wildman–Crippen LogP) is 3.68. The number of hydrogen-bond donors (Lipinski definition) is 0. The smallest absolute Gasteiger partial charge is 0.352 e. The Morgan fingerprint density at radius 3 is 2.27 bits per heavy atom. The zero-order valence-corrected chi connectivity index (χ0v) is 13.3. The van der Waals surface area contributed by atoms with Gasteiger partial charge in [-0.2, -0.15) is 0 Å². The van der Waals surface area contributed by atoms with Crippen LogP contribution in [0.5, 0.6) is 17.2 Å². The first-order chi connectivity index (χ1) is 10.5. The number of rotatable bonds is 5. The van der Waals surface area contributed by atoms with E-state index in [1.807, 2.05) is 32.0 Å². The van der Waals surface area contributed by atoms with Gasteiger partial charge in [-0.1, -0.05) is 12.1 Å². The summed E-state index contributed by atoms with van der Waals surface area (Å²) in [5.41, 5.74) is 2.14. The fraction of sp³-hybridized carbons (Fsp3) is 0.278. The SMILES string of the molecule is COc1ccc(OC(=O)[C@@H](C)Oc2cccc(C)c2C)cc1. The molecule has 0 unspecified atom stereocenters. The molecule has 2 aromatic rings. The van der Waals surface area contributed by atoms with E-state index in [0.717, 1.165) is 11.1 Å². The highest BCUT2D eigenvalue weighted by Crippen LogP contribution is 2.23. The average molecular weight is 300 g/mol. The maximum Gasteiger partial charge on any atom is 0.352 e. The molecule has 2 rings (SSSR count). The van der Waals surface area contributed by atoms with E-state index < -0.39 is 12.1 Å². The molecule has 0 N–H and O–H groups in total. The topological polar surface area (TPSA) is 44.8 Å². The normalized spacial score (nSPS) is 11.6. The van der Waals surface area contributed by atoms with Gasteiger partial charge in [-0.15, -0.1) is 0 Å². The van der Waals surface area contributed by atoms with E-state index >= 15 is 0 Å². The summed E-state index contributed by atoms with van der Waals surface area (Å²) in [6.45, 7) is 5.64. The van der Waals surface area contributed by atoms with Crippen LogP contribution in [-0.4, -0.2) is 19.2 Å². The van der Waals surface area contributed by atoms with Gasteiger partial charge in [-0.05, 0) is 62.2 Å². The van der Waals surface area contributed by atoms with Crippen LogP contribution in [0.1, 0.15) is 18.1 Å². The van der Waals surface area contributed by atoms with Gasteiger partial charge in [0.1, 0.15) is 17.2 Å². The first-order valence-electron chi connectivity index (χ1n) is 7.10. The Hall–Kier alpha value is -2.49. The molecule has 0 fully saturated rings. The standard InChI is InChI=1S/C18H20O4/c1-12-6-5-7-17(13(12)2)21-14(3)18(19)22-16-10-8-15(20-4)9-11-16/h5-11,14H,1-4H3/t14-/m1/s1. The fourth-order valence-electron chi connectivity index (χ4n) is 1.93. The lowest BCUT2D eigenvalue weighted by Crippen LogP contribution is -2.28. The molecule has 0 spiro atoms. The largest absolute Gasteiger partial charge is 0.497 e. The van der Waals surface area contributed by atoms with Crippen molar-refractivity contribution in [3.8, 4) is 17.2 Å². The predicted molar refractivity (Wildman–Crippen MR) is 84.6 cm³/mol. The number of benzene rings is 2. The van der Waals surface area contributed by atoms with Crippen molar-refractivity contribution < 1.29 is 19.0 Å². The summed E-state index contributed by atoms with van der Waals surface area (Å²) in [4.78, 5) is 12.1. The number of methoxy groups -OCH3 is 1. The maximum atomic E-state index is 12.1. The average Bonchev–Trinajstić information content (AvgIpc) is 2.52. The van der Waals surface area contributed by atoms with Crippen molar-refractivity contribution in [3.05, 3.63) is 53.6 Å². The lowest BCUT2D eigenvalue weighted by molar-refractivity contribution is -0.141. The van der Waals surface area contributed by atoms with Crippen molar-refractivity contribution in [2.45, 2.75) is 26.9 Å². The zero-order valence-electron chi connectivity index (χ0n) is 13.3. The second kappa shape index (κ2) is 6.98. The highest BCUT2D eigenvalue weighted by molar-refractivity contribution is 5.77. The molecule has 4 heteroatoms. The first-order valence-corrected chi connectivity index (χ1v) is 7.10. The molecule has 1 atom stereocenters. The third kappa shape index (κ3) is 3.79. The molecular weight excluding hydrogens is 280 g/mol. The van der Waals surface area contributed by atoms with Crippen LogP contribution < -0.4 is 14.2 Å². The molecule has 116 valence electrons. The summed E-state index contributed by atoms with van der Waals surface area (Å²) in [7, 11) is 1.58. The van der Waals surface area contributed by atoms with Gasteiger partial charge in [0.2, 0.25) is 0 Å². The number of aryl methyl sites for hydroxylation is 1. The first kappa shape index (κ1) is 15.9. The molecule has 0 saturated heterocycles. The molecule has 2 aromatic carbocycles. The number of esters is 1. The number of ether oxygens (including phenoxy) is 3. The lowest BCUT2D eigenvalue weighted by Gasteiger charge is -2.16. The quantitative estimate of drug-likeness (QED) is 0.624. The Morgan fingerprint density at radius 2 is 1.64 bits per heavy atom. The molecule has 0 aliphatic carbocycles. The summed E-state index contributed by atoms with van der Waals surface area (Å²) in [5, 5.41) is 0. The van der Waals surface area contributed by atoms with Crippen LogP contribution in [0.3, 0.4) is 0 Å². The zero-order chi connectivity index (χ0) is 16.1. The van der Waals surface area contributed by atoms with E-state index in [-0.39, 0.29) is 0 Å². The molecule has 0 aromatic heterocycles. The van der Waals surface area contributed by atoms with Crippen molar-refractivity contribution in [2.75, 3.05) is 7.11 Å². The van der Waals surface area contributed by atoms with Gasteiger partial charge in [0, 0.05) is 0 Å². The molecule has 0 bridgehead atoms. The van der Waals surface area contributed by atoms with E-state index in [1.165, 1.54) is 0 Å². The summed E-state index contributed by atoms with van der Waals surface area (Å²) in [6, 6.07) is 12.6. The van der Waals surface area contributed by atoms with Crippen molar-refractivity contribution in [1.29, 1.82) is 0 Å². The second-order valence-corrected chi connectivity index (χ2v) is 5.05. The van der Waals surface area contributed by atoms with E-state index in [0.29, 0.717) is 17.2 Å². The lowest BCUT2D eigenvalue weighted by atomic mass is 10.1. The molecule has 0 saturated carbocycles.